The van der Waals surface area contributed by atoms with Crippen molar-refractivity contribution in [1.29, 1.82) is 0 Å². The molecule has 0 rings (SSSR count). The van der Waals surface area contributed by atoms with E-state index in [-0.39, 0.29) is 12.3 Å². The lowest BCUT2D eigenvalue weighted by atomic mass is 10.3. The van der Waals surface area contributed by atoms with E-state index in [1.54, 1.807) is 5.32 Å². The van der Waals surface area contributed by atoms with Crippen LogP contribution in [-0.4, -0.2) is 52.6 Å². The van der Waals surface area contributed by atoms with Crippen LogP contribution in [0.15, 0.2) is 0 Å². The van der Waals surface area contributed by atoms with Crippen molar-refractivity contribution >= 4 is 30.4 Å². The third-order valence-corrected chi connectivity index (χ3v) is 1.90. The van der Waals surface area contributed by atoms with Crippen LogP contribution in [0.3, 0.4) is 0 Å². The molecule has 16 heavy (non-hydrogen) atoms. The van der Waals surface area contributed by atoms with Crippen LogP contribution in [0, 0.1) is 0 Å². The average molecular weight is 251 g/mol. The number of carboxylic acid groups (broad SMARTS) is 1. The average Bonchev–Trinajstić information content (AvgIpc) is 2.24. The smallest absolute Gasteiger partial charge is 0.353 e. The van der Waals surface area contributed by atoms with Gasteiger partial charge in [-0.05, 0) is 0 Å². The maximum Gasteiger partial charge on any atom is 0.353 e. The Morgan fingerprint density at radius 2 is 1.88 bits per heavy atom. The van der Waals surface area contributed by atoms with Crippen molar-refractivity contribution in [1.82, 2.24) is 10.6 Å². The number of thiol groups is 1. The van der Waals surface area contributed by atoms with E-state index in [0.717, 1.165) is 0 Å². The fraction of sp³-hybridized carbons (Fsp3) is 0.571. The zero-order valence-corrected chi connectivity index (χ0v) is 9.11. The maximum atomic E-state index is 11.3. The van der Waals surface area contributed by atoms with E-state index in [1.807, 2.05) is 0 Å². The molecule has 0 spiro atoms. The molecular weight excluding hydrogens is 238 g/mol. The van der Waals surface area contributed by atoms with E-state index in [1.165, 1.54) is 0 Å². The molecule has 2 amide bonds. The van der Waals surface area contributed by atoms with Gasteiger partial charge in [-0.1, -0.05) is 0 Å². The minimum atomic E-state index is -2.02. The van der Waals surface area contributed by atoms with Gasteiger partial charge in [0, 0.05) is 5.75 Å². The largest absolute Gasteiger partial charge is 0.478 e. The third-order valence-electron chi connectivity index (χ3n) is 1.53. The molecule has 9 heteroatoms. The van der Waals surface area contributed by atoms with Crippen LogP contribution in [0.5, 0.6) is 0 Å². The Bertz CT molecular complexity index is 285. The van der Waals surface area contributed by atoms with Crippen molar-refractivity contribution < 1.29 is 24.6 Å². The quantitative estimate of drug-likeness (QED) is 0.218. The first-order valence-electron chi connectivity index (χ1n) is 4.24. The molecule has 0 radical (unpaired) electrons. The fourth-order valence-electron chi connectivity index (χ4n) is 0.744. The number of nitrogens with two attached hydrogens (primary N) is 1. The standard InChI is InChI=1S/C7H13N3O5S/c8-1-4(11)9-3(2-16)5(12)10-6(13)7(14)15/h3,6,13,16H,1-2,8H2,(H,9,11)(H,10,12)(H,14,15). The molecule has 0 aliphatic rings. The van der Waals surface area contributed by atoms with Gasteiger partial charge in [0.05, 0.1) is 6.54 Å². The number of aliphatic hydroxyl groups is 1. The molecule has 0 bridgehead atoms. The van der Waals surface area contributed by atoms with Gasteiger partial charge in [-0.25, -0.2) is 4.79 Å². The van der Waals surface area contributed by atoms with Crippen LogP contribution in [-0.2, 0) is 14.4 Å². The summed E-state index contributed by atoms with van der Waals surface area (Å²) in [6.07, 6.45) is -2.02. The van der Waals surface area contributed by atoms with E-state index >= 15 is 0 Å². The number of carbonyl (C=O) groups is 3. The summed E-state index contributed by atoms with van der Waals surface area (Å²) in [5.41, 5.74) is 5.01. The van der Waals surface area contributed by atoms with Crippen molar-refractivity contribution in [3.63, 3.8) is 0 Å². The molecule has 6 N–H and O–H groups in total. The van der Waals surface area contributed by atoms with E-state index in [4.69, 9.17) is 15.9 Å². The lowest BCUT2D eigenvalue weighted by molar-refractivity contribution is -0.151. The van der Waals surface area contributed by atoms with Gasteiger partial charge in [-0.3, -0.25) is 9.59 Å². The summed E-state index contributed by atoms with van der Waals surface area (Å²) in [6, 6.07) is -1.05. The van der Waals surface area contributed by atoms with Gasteiger partial charge in [-0.15, -0.1) is 0 Å². The monoisotopic (exact) mass is 251 g/mol. The summed E-state index contributed by atoms with van der Waals surface area (Å²) in [7, 11) is 0. The topological polar surface area (TPSA) is 142 Å². The van der Waals surface area contributed by atoms with Crippen molar-refractivity contribution in [2.75, 3.05) is 12.3 Å². The molecule has 0 fully saturated rings. The molecule has 0 heterocycles. The summed E-state index contributed by atoms with van der Waals surface area (Å²) < 4.78 is 0. The second-order valence-corrected chi connectivity index (χ2v) is 3.12. The van der Waals surface area contributed by atoms with E-state index in [9.17, 15) is 14.4 Å². The highest BCUT2D eigenvalue weighted by Gasteiger charge is 2.23. The number of carbonyl (C=O) groups excluding carboxylic acids is 2. The normalized spacial score (nSPS) is 13.7. The lowest BCUT2D eigenvalue weighted by Crippen LogP contribution is -2.53. The Labute approximate surface area is 96.6 Å². The molecule has 0 saturated carbocycles. The van der Waals surface area contributed by atoms with E-state index in [2.05, 4.69) is 17.9 Å². The van der Waals surface area contributed by atoms with Crippen molar-refractivity contribution in [3.8, 4) is 0 Å². The van der Waals surface area contributed by atoms with Crippen LogP contribution in [0.25, 0.3) is 0 Å². The molecule has 0 saturated heterocycles. The number of amides is 2. The molecule has 0 aliphatic carbocycles. The summed E-state index contributed by atoms with van der Waals surface area (Å²) >= 11 is 3.80. The van der Waals surface area contributed by atoms with Crippen molar-refractivity contribution in [3.05, 3.63) is 0 Å². The van der Waals surface area contributed by atoms with Gasteiger partial charge in [0.15, 0.2) is 0 Å². The number of hydrogen-bond donors (Lipinski definition) is 6. The van der Waals surface area contributed by atoms with Crippen LogP contribution in [0.1, 0.15) is 0 Å². The van der Waals surface area contributed by atoms with Crippen LogP contribution >= 0.6 is 12.6 Å². The Morgan fingerprint density at radius 1 is 1.31 bits per heavy atom. The number of rotatable bonds is 6. The second-order valence-electron chi connectivity index (χ2n) is 2.76. The zero-order valence-electron chi connectivity index (χ0n) is 8.21. The van der Waals surface area contributed by atoms with Crippen molar-refractivity contribution in [2.45, 2.75) is 12.3 Å². The SMILES string of the molecule is NCC(=O)NC(CS)C(=O)NC(O)C(=O)O. The summed E-state index contributed by atoms with van der Waals surface area (Å²) in [4.78, 5) is 32.4. The minimum absolute atomic E-state index is 0.0517. The number of hydrogen-bond acceptors (Lipinski definition) is 6. The Morgan fingerprint density at radius 3 is 2.25 bits per heavy atom. The lowest BCUT2D eigenvalue weighted by Gasteiger charge is -2.17. The molecule has 2 atom stereocenters. The predicted molar refractivity (Wildman–Crippen MR) is 56.6 cm³/mol. The van der Waals surface area contributed by atoms with Gasteiger partial charge in [0.25, 0.3) is 0 Å². The van der Waals surface area contributed by atoms with Gasteiger partial charge in [-0.2, -0.15) is 12.6 Å². The number of aliphatic hydroxyl groups excluding tert-OH is 1. The highest BCUT2D eigenvalue weighted by Crippen LogP contribution is 1.90. The number of carboxylic acids is 1. The van der Waals surface area contributed by atoms with E-state index in [0.29, 0.717) is 0 Å². The first-order chi connectivity index (χ1) is 7.42. The van der Waals surface area contributed by atoms with Gasteiger partial charge < -0.3 is 26.6 Å². The van der Waals surface area contributed by atoms with Crippen LogP contribution in [0.2, 0.25) is 0 Å². The molecule has 8 nitrogen and oxygen atoms in total. The third kappa shape index (κ3) is 4.96. The van der Waals surface area contributed by atoms with E-state index < -0.39 is 30.1 Å². The Balaban J connectivity index is 4.31. The first kappa shape index (κ1) is 14.7. The highest BCUT2D eigenvalue weighted by atomic mass is 32.1. The summed E-state index contributed by atoms with van der Waals surface area (Å²) in [5, 5.41) is 21.1. The van der Waals surface area contributed by atoms with Crippen molar-refractivity contribution in [2.24, 2.45) is 5.73 Å². The Kier molecular flexibility index (Phi) is 6.46. The number of aliphatic carboxylic acids is 1. The van der Waals surface area contributed by atoms with Crippen LogP contribution < -0.4 is 16.4 Å². The zero-order chi connectivity index (χ0) is 12.7. The first-order valence-corrected chi connectivity index (χ1v) is 4.87. The maximum absolute atomic E-state index is 11.3. The fourth-order valence-corrected chi connectivity index (χ4v) is 1.00. The molecule has 0 aliphatic heterocycles. The Hall–Kier alpha value is -1.32. The molecule has 2 unspecified atom stereocenters. The number of nitrogens with one attached hydrogen (secondary N) is 2. The van der Waals surface area contributed by atoms with Gasteiger partial charge in [0.1, 0.15) is 6.04 Å². The summed E-state index contributed by atoms with van der Waals surface area (Å²) in [6.45, 7) is -0.307. The second kappa shape index (κ2) is 7.04. The van der Waals surface area contributed by atoms with Gasteiger partial charge in [0.2, 0.25) is 18.0 Å². The molecule has 0 aromatic rings. The molecule has 0 aromatic carbocycles. The minimum Gasteiger partial charge on any atom is -0.478 e. The highest BCUT2D eigenvalue weighted by molar-refractivity contribution is 7.80. The van der Waals surface area contributed by atoms with Gasteiger partial charge >= 0.3 is 5.97 Å². The van der Waals surface area contributed by atoms with Crippen LogP contribution in [0.4, 0.5) is 0 Å². The molecular formula is C7H13N3O5S. The summed E-state index contributed by atoms with van der Waals surface area (Å²) in [5.74, 6) is -3.09. The molecule has 92 valence electrons. The molecule has 0 aromatic heterocycles. The predicted octanol–water partition coefficient (Wildman–Crippen LogP) is -3.12.